The molecule has 0 bridgehead atoms. The van der Waals surface area contributed by atoms with E-state index in [2.05, 4.69) is 47.6 Å². The Morgan fingerprint density at radius 1 is 1.05 bits per heavy atom. The summed E-state index contributed by atoms with van der Waals surface area (Å²) in [5.41, 5.74) is 14.5. The van der Waals surface area contributed by atoms with Gasteiger partial charge in [-0.3, -0.25) is 9.88 Å². The Bertz CT molecular complexity index is 1560. The number of aromatic nitrogens is 2. The first kappa shape index (κ1) is 24.8. The average molecular weight is 508 g/mol. The summed E-state index contributed by atoms with van der Waals surface area (Å²) in [4.78, 5) is 7.46. The molecule has 5 nitrogen and oxygen atoms in total. The van der Waals surface area contributed by atoms with Crippen LogP contribution in [-0.2, 0) is 13.1 Å². The molecule has 4 aromatic rings. The lowest BCUT2D eigenvalue weighted by atomic mass is 9.85. The molecular weight excluding hydrogens is 473 g/mol. The first-order valence-electron chi connectivity index (χ1n) is 13.7. The fourth-order valence-corrected chi connectivity index (χ4v) is 5.95. The summed E-state index contributed by atoms with van der Waals surface area (Å²) < 4.78 is 17.4. The molecule has 1 saturated carbocycles. The van der Waals surface area contributed by atoms with Crippen LogP contribution >= 0.6 is 0 Å². The van der Waals surface area contributed by atoms with Crippen LogP contribution in [0.4, 0.5) is 4.39 Å². The minimum Gasteiger partial charge on any atom is -0.342 e. The second-order valence-corrected chi connectivity index (χ2v) is 11.2. The van der Waals surface area contributed by atoms with Gasteiger partial charge in [0.25, 0.3) is 0 Å². The minimum absolute atomic E-state index is 0.0511. The summed E-state index contributed by atoms with van der Waals surface area (Å²) in [7, 11) is 0. The lowest BCUT2D eigenvalue weighted by molar-refractivity contribution is 0.267. The monoisotopic (exact) mass is 507 g/mol. The molecule has 2 aromatic heterocycles. The minimum atomic E-state index is -0.506. The van der Waals surface area contributed by atoms with Crippen molar-refractivity contribution in [2.75, 3.05) is 13.1 Å². The van der Waals surface area contributed by atoms with Crippen molar-refractivity contribution in [3.63, 3.8) is 0 Å². The van der Waals surface area contributed by atoms with E-state index in [0.717, 1.165) is 65.9 Å². The number of nitrogens with zero attached hydrogens (tertiary/aromatic N) is 4. The third-order valence-corrected chi connectivity index (χ3v) is 8.56. The van der Waals surface area contributed by atoms with E-state index in [0.29, 0.717) is 5.92 Å². The normalized spacial score (nSPS) is 18.1. The van der Waals surface area contributed by atoms with Crippen LogP contribution in [-0.4, -0.2) is 33.6 Å². The zero-order valence-corrected chi connectivity index (χ0v) is 22.2. The maximum atomic E-state index is 14.9. The number of likely N-dealkylation sites (tertiary alicyclic amines) is 1. The van der Waals surface area contributed by atoms with Crippen molar-refractivity contribution in [1.29, 1.82) is 5.26 Å². The van der Waals surface area contributed by atoms with Gasteiger partial charge in [-0.15, -0.1) is 0 Å². The molecule has 1 aliphatic heterocycles. The lowest BCUT2D eigenvalue weighted by Gasteiger charge is -2.28. The summed E-state index contributed by atoms with van der Waals surface area (Å²) in [6.07, 6.45) is 6.84. The van der Waals surface area contributed by atoms with E-state index in [1.54, 1.807) is 6.07 Å². The Labute approximate surface area is 223 Å². The third kappa shape index (κ3) is 4.51. The van der Waals surface area contributed by atoms with Crippen LogP contribution in [0.15, 0.2) is 48.7 Å². The van der Waals surface area contributed by atoms with E-state index < -0.39 is 5.82 Å². The van der Waals surface area contributed by atoms with Crippen molar-refractivity contribution in [3.05, 3.63) is 76.9 Å². The molecule has 2 aliphatic rings. The summed E-state index contributed by atoms with van der Waals surface area (Å²) in [5, 5.41) is 10.4. The summed E-state index contributed by atoms with van der Waals surface area (Å²) in [6, 6.07) is 15.8. The highest BCUT2D eigenvalue weighted by atomic mass is 19.1. The highest BCUT2D eigenvalue weighted by Crippen LogP contribution is 2.40. The van der Waals surface area contributed by atoms with Crippen LogP contribution < -0.4 is 5.73 Å². The van der Waals surface area contributed by atoms with Gasteiger partial charge in [0.15, 0.2) is 0 Å². The number of hydrogen-bond acceptors (Lipinski definition) is 4. The van der Waals surface area contributed by atoms with Gasteiger partial charge in [-0.1, -0.05) is 24.6 Å². The number of nitrogens with two attached hydrogens (primary N) is 1. The zero-order chi connectivity index (χ0) is 26.4. The summed E-state index contributed by atoms with van der Waals surface area (Å²) in [6.45, 7) is 7.94. The van der Waals surface area contributed by atoms with Gasteiger partial charge in [0.1, 0.15) is 11.9 Å². The van der Waals surface area contributed by atoms with Gasteiger partial charge in [-0.05, 0) is 80.0 Å². The smallest absolute Gasteiger partial charge is 0.141 e. The van der Waals surface area contributed by atoms with Crippen LogP contribution in [0.25, 0.3) is 33.3 Å². The molecule has 0 unspecified atom stereocenters. The Balaban J connectivity index is 1.57. The molecule has 0 spiro atoms. The first-order valence-corrected chi connectivity index (χ1v) is 13.7. The third-order valence-electron chi connectivity index (χ3n) is 8.56. The van der Waals surface area contributed by atoms with E-state index in [1.807, 2.05) is 18.3 Å². The molecular formula is C32H34FN5. The molecule has 194 valence electrons. The molecule has 3 heterocycles. The van der Waals surface area contributed by atoms with E-state index in [9.17, 15) is 9.65 Å². The molecule has 38 heavy (non-hydrogen) atoms. The number of rotatable bonds is 6. The molecule has 1 aliphatic carbocycles. The maximum Gasteiger partial charge on any atom is 0.141 e. The molecule has 1 atom stereocenters. The Morgan fingerprint density at radius 3 is 2.53 bits per heavy atom. The van der Waals surface area contributed by atoms with Crippen molar-refractivity contribution >= 4 is 10.9 Å². The number of fused-ring (bicyclic) bond motifs is 1. The Hall–Kier alpha value is -3.53. The van der Waals surface area contributed by atoms with Gasteiger partial charge in [-0.2, -0.15) is 5.26 Å². The number of hydrogen-bond donors (Lipinski definition) is 1. The van der Waals surface area contributed by atoms with Crippen molar-refractivity contribution < 1.29 is 4.39 Å². The van der Waals surface area contributed by atoms with Gasteiger partial charge in [0, 0.05) is 54.4 Å². The highest BCUT2D eigenvalue weighted by molar-refractivity contribution is 6.02. The predicted molar refractivity (Wildman–Crippen MR) is 150 cm³/mol. The molecule has 6 heteroatoms. The zero-order valence-electron chi connectivity index (χ0n) is 22.2. The summed E-state index contributed by atoms with van der Waals surface area (Å²) in [5.74, 6) is 0.175. The van der Waals surface area contributed by atoms with Crippen LogP contribution in [0.1, 0.15) is 48.1 Å². The van der Waals surface area contributed by atoms with Gasteiger partial charge in [0.05, 0.1) is 23.0 Å². The predicted octanol–water partition coefficient (Wildman–Crippen LogP) is 6.33. The number of pyridine rings is 1. The molecule has 2 N–H and O–H groups in total. The second kappa shape index (κ2) is 9.98. The van der Waals surface area contributed by atoms with E-state index >= 15 is 0 Å². The van der Waals surface area contributed by atoms with Crippen molar-refractivity contribution in [2.24, 2.45) is 11.7 Å². The first-order chi connectivity index (χ1) is 18.4. The average Bonchev–Trinajstić information content (AvgIpc) is 3.44. The van der Waals surface area contributed by atoms with E-state index in [4.69, 9.17) is 10.7 Å². The molecule has 2 aromatic carbocycles. The van der Waals surface area contributed by atoms with Gasteiger partial charge in [0.2, 0.25) is 0 Å². The highest BCUT2D eigenvalue weighted by Gasteiger charge is 2.26. The SMILES string of the molecule is Cc1ccc(-c2ncc3c(cc(CN4CC[C@H](N)C4)n3CC3CCC3)c2-c2ccc(C#N)c(F)c2)cc1C. The van der Waals surface area contributed by atoms with Gasteiger partial charge < -0.3 is 10.3 Å². The number of halogens is 1. The fraction of sp³-hybridized carbons (Fsp3) is 0.375. The van der Waals surface area contributed by atoms with E-state index in [1.165, 1.54) is 42.1 Å². The number of aryl methyl sites for hydroxylation is 2. The van der Waals surface area contributed by atoms with Crippen molar-refractivity contribution in [3.8, 4) is 28.5 Å². The van der Waals surface area contributed by atoms with Crippen LogP contribution in [0.5, 0.6) is 0 Å². The Kier molecular flexibility index (Phi) is 6.51. The quantitative estimate of drug-likeness (QED) is 0.331. The van der Waals surface area contributed by atoms with Crippen LogP contribution in [0.3, 0.4) is 0 Å². The molecule has 1 saturated heterocycles. The second-order valence-electron chi connectivity index (χ2n) is 11.2. The fourth-order valence-electron chi connectivity index (χ4n) is 5.95. The van der Waals surface area contributed by atoms with Gasteiger partial charge in [-0.25, -0.2) is 4.39 Å². The molecule has 2 fully saturated rings. The Morgan fingerprint density at radius 2 is 1.87 bits per heavy atom. The van der Waals surface area contributed by atoms with Crippen molar-refractivity contribution in [1.82, 2.24) is 14.5 Å². The molecule has 0 amide bonds. The number of nitriles is 1. The van der Waals surface area contributed by atoms with Crippen LogP contribution in [0, 0.1) is 36.9 Å². The van der Waals surface area contributed by atoms with Gasteiger partial charge >= 0.3 is 0 Å². The number of benzene rings is 2. The van der Waals surface area contributed by atoms with E-state index in [-0.39, 0.29) is 11.6 Å². The maximum absolute atomic E-state index is 14.9. The molecule has 0 radical (unpaired) electrons. The lowest BCUT2D eigenvalue weighted by Crippen LogP contribution is -2.27. The van der Waals surface area contributed by atoms with Crippen LogP contribution in [0.2, 0.25) is 0 Å². The molecule has 6 rings (SSSR count). The topological polar surface area (TPSA) is 70.9 Å². The summed E-state index contributed by atoms with van der Waals surface area (Å²) >= 11 is 0. The van der Waals surface area contributed by atoms with Crippen molar-refractivity contribution in [2.45, 2.75) is 58.7 Å². The standard InChI is InChI=1S/C32H34FN5/c1-20-6-7-24(12-21(20)2)32-31(23-8-9-25(15-34)29(33)13-23)28-14-27(19-37-11-10-26(35)18-37)38(30(28)16-36-32)17-22-4-3-5-22/h6-9,12-14,16,22,26H,3-5,10-11,17-19,35H2,1-2H3/t26-/m0/s1. The largest absolute Gasteiger partial charge is 0.342 e.